The maximum atomic E-state index is 12.6. The Morgan fingerprint density at radius 2 is 2.18 bits per heavy atom. The van der Waals surface area contributed by atoms with Crippen molar-refractivity contribution in [1.29, 1.82) is 0 Å². The average Bonchev–Trinajstić information content (AvgIpc) is 2.47. The first-order valence-electron chi connectivity index (χ1n) is 6.59. The van der Waals surface area contributed by atoms with Crippen LogP contribution in [0.3, 0.4) is 0 Å². The molecule has 1 N–H and O–H groups in total. The van der Waals surface area contributed by atoms with Gasteiger partial charge in [0.05, 0.1) is 13.2 Å². The van der Waals surface area contributed by atoms with E-state index in [4.69, 9.17) is 16.3 Å². The Morgan fingerprint density at radius 1 is 1.50 bits per heavy atom. The summed E-state index contributed by atoms with van der Waals surface area (Å²) in [5, 5.41) is 2.79. The number of carbonyl (C=O) groups is 1. The van der Waals surface area contributed by atoms with E-state index in [1.807, 2.05) is 0 Å². The third kappa shape index (κ3) is 4.72. The van der Waals surface area contributed by atoms with E-state index in [2.05, 4.69) is 11.9 Å². The van der Waals surface area contributed by atoms with Crippen molar-refractivity contribution in [3.63, 3.8) is 0 Å². The van der Waals surface area contributed by atoms with Crippen molar-refractivity contribution in [2.75, 3.05) is 26.7 Å². The molecule has 8 heteroatoms. The molecule has 122 valence electrons. The van der Waals surface area contributed by atoms with Gasteiger partial charge in [0.25, 0.3) is 0 Å². The van der Waals surface area contributed by atoms with Crippen LogP contribution >= 0.6 is 11.6 Å². The second kappa shape index (κ2) is 8.17. The zero-order valence-electron chi connectivity index (χ0n) is 12.5. The van der Waals surface area contributed by atoms with Crippen LogP contribution in [-0.4, -0.2) is 45.4 Å². The molecule has 0 unspecified atom stereocenters. The summed E-state index contributed by atoms with van der Waals surface area (Å²) >= 11 is 5.87. The molecule has 0 saturated carbocycles. The minimum absolute atomic E-state index is 0.0686. The molecule has 1 rings (SSSR count). The van der Waals surface area contributed by atoms with E-state index in [-0.39, 0.29) is 28.8 Å². The van der Waals surface area contributed by atoms with Crippen LogP contribution in [0.1, 0.15) is 6.92 Å². The smallest absolute Gasteiger partial charge is 0.247 e. The fourth-order valence-electron chi connectivity index (χ4n) is 1.66. The predicted octanol–water partition coefficient (Wildman–Crippen LogP) is 1.66. The lowest BCUT2D eigenvalue weighted by Gasteiger charge is -2.19. The van der Waals surface area contributed by atoms with Crippen LogP contribution < -0.4 is 10.1 Å². The summed E-state index contributed by atoms with van der Waals surface area (Å²) in [5.41, 5.74) is 0. The van der Waals surface area contributed by atoms with Crippen molar-refractivity contribution in [2.45, 2.75) is 11.8 Å². The maximum Gasteiger partial charge on any atom is 0.247 e. The van der Waals surface area contributed by atoms with Crippen LogP contribution in [0.25, 0.3) is 0 Å². The quantitative estimate of drug-likeness (QED) is 0.726. The van der Waals surface area contributed by atoms with E-state index in [1.165, 1.54) is 25.3 Å². The summed E-state index contributed by atoms with van der Waals surface area (Å²) in [5.74, 6) is -0.226. The van der Waals surface area contributed by atoms with Crippen LogP contribution in [0.2, 0.25) is 5.02 Å². The zero-order valence-corrected chi connectivity index (χ0v) is 14.1. The molecule has 22 heavy (non-hydrogen) atoms. The fourth-order valence-corrected chi connectivity index (χ4v) is 3.17. The van der Waals surface area contributed by atoms with Gasteiger partial charge in [0.15, 0.2) is 0 Å². The number of nitrogens with one attached hydrogen (secondary N) is 1. The monoisotopic (exact) mass is 346 g/mol. The molecule has 0 bridgehead atoms. The number of rotatable bonds is 8. The minimum Gasteiger partial charge on any atom is -0.492 e. The molecule has 0 aliphatic rings. The van der Waals surface area contributed by atoms with Crippen molar-refractivity contribution >= 4 is 27.5 Å². The Balaban J connectivity index is 3.04. The first-order valence-corrected chi connectivity index (χ1v) is 8.41. The van der Waals surface area contributed by atoms with Crippen molar-refractivity contribution in [3.8, 4) is 5.75 Å². The summed E-state index contributed by atoms with van der Waals surface area (Å²) in [7, 11) is -2.58. The number of sulfonamides is 1. The number of carbonyl (C=O) groups excluding carboxylic acids is 1. The molecule has 0 aliphatic carbocycles. The van der Waals surface area contributed by atoms with Crippen LogP contribution in [0, 0.1) is 0 Å². The first-order chi connectivity index (χ1) is 10.3. The molecule has 1 aromatic carbocycles. The Labute approximate surface area is 135 Å². The molecule has 0 radical (unpaired) electrons. The lowest BCUT2D eigenvalue weighted by molar-refractivity contribution is -0.120. The van der Waals surface area contributed by atoms with Gasteiger partial charge in [0, 0.05) is 18.6 Å². The minimum atomic E-state index is -3.90. The molecule has 6 nitrogen and oxygen atoms in total. The van der Waals surface area contributed by atoms with Gasteiger partial charge in [-0.15, -0.1) is 6.58 Å². The van der Waals surface area contributed by atoms with E-state index in [0.717, 1.165) is 4.31 Å². The molecule has 0 aromatic heterocycles. The molecular formula is C14H19ClN2O4S. The molecule has 0 atom stereocenters. The molecule has 0 spiro atoms. The molecule has 0 fully saturated rings. The lowest BCUT2D eigenvalue weighted by Crippen LogP contribution is -2.38. The van der Waals surface area contributed by atoms with Gasteiger partial charge in [-0.3, -0.25) is 4.79 Å². The van der Waals surface area contributed by atoms with Crippen LogP contribution in [0.4, 0.5) is 0 Å². The number of halogens is 1. The van der Waals surface area contributed by atoms with Gasteiger partial charge in [-0.05, 0) is 25.1 Å². The summed E-state index contributed by atoms with van der Waals surface area (Å²) in [6, 6.07) is 4.34. The second-order valence-corrected chi connectivity index (χ2v) is 6.83. The second-order valence-electron chi connectivity index (χ2n) is 4.38. The van der Waals surface area contributed by atoms with Gasteiger partial charge in [-0.2, -0.15) is 4.31 Å². The van der Waals surface area contributed by atoms with E-state index >= 15 is 0 Å². The summed E-state index contributed by atoms with van der Waals surface area (Å²) < 4.78 is 31.4. The largest absolute Gasteiger partial charge is 0.492 e. The summed E-state index contributed by atoms with van der Waals surface area (Å²) in [6.45, 7) is 5.49. The van der Waals surface area contributed by atoms with Crippen LogP contribution in [-0.2, 0) is 14.8 Å². The maximum absolute atomic E-state index is 12.6. The standard InChI is InChI=1S/C14H19ClN2O4S/c1-4-8-16-14(18)10-17(3)22(19,20)13-9-11(15)6-7-12(13)21-5-2/h4,6-7,9H,1,5,8,10H2,2-3H3,(H,16,18). The molecule has 0 saturated heterocycles. The van der Waals surface area contributed by atoms with Crippen molar-refractivity contribution in [2.24, 2.45) is 0 Å². The number of nitrogens with zero attached hydrogens (tertiary/aromatic N) is 1. The van der Waals surface area contributed by atoms with E-state index in [1.54, 1.807) is 13.0 Å². The van der Waals surface area contributed by atoms with E-state index in [9.17, 15) is 13.2 Å². The molecule has 1 aromatic rings. The summed E-state index contributed by atoms with van der Waals surface area (Å²) in [4.78, 5) is 11.6. The SMILES string of the molecule is C=CCNC(=O)CN(C)S(=O)(=O)c1cc(Cl)ccc1OCC. The highest BCUT2D eigenvalue weighted by Crippen LogP contribution is 2.29. The van der Waals surface area contributed by atoms with Gasteiger partial charge in [-0.1, -0.05) is 17.7 Å². The highest BCUT2D eigenvalue weighted by Gasteiger charge is 2.26. The number of benzene rings is 1. The van der Waals surface area contributed by atoms with Gasteiger partial charge in [0.2, 0.25) is 15.9 Å². The number of amides is 1. The Bertz CT molecular complexity index is 646. The zero-order chi connectivity index (χ0) is 16.8. The topological polar surface area (TPSA) is 75.7 Å². The first kappa shape index (κ1) is 18.5. The normalized spacial score (nSPS) is 11.3. The number of hydrogen-bond acceptors (Lipinski definition) is 4. The van der Waals surface area contributed by atoms with Crippen molar-refractivity contribution in [1.82, 2.24) is 9.62 Å². The van der Waals surface area contributed by atoms with Crippen LogP contribution in [0.5, 0.6) is 5.75 Å². The fraction of sp³-hybridized carbons (Fsp3) is 0.357. The van der Waals surface area contributed by atoms with Gasteiger partial charge < -0.3 is 10.1 Å². The van der Waals surface area contributed by atoms with Gasteiger partial charge >= 0.3 is 0 Å². The highest BCUT2D eigenvalue weighted by atomic mass is 35.5. The van der Waals surface area contributed by atoms with E-state index < -0.39 is 15.9 Å². The number of hydrogen-bond donors (Lipinski definition) is 1. The van der Waals surface area contributed by atoms with Crippen molar-refractivity contribution in [3.05, 3.63) is 35.9 Å². The molecule has 1 amide bonds. The Morgan fingerprint density at radius 3 is 2.77 bits per heavy atom. The lowest BCUT2D eigenvalue weighted by atomic mass is 10.3. The van der Waals surface area contributed by atoms with Crippen molar-refractivity contribution < 1.29 is 17.9 Å². The van der Waals surface area contributed by atoms with Crippen LogP contribution in [0.15, 0.2) is 35.7 Å². The average molecular weight is 347 g/mol. The molecule has 0 aliphatic heterocycles. The van der Waals surface area contributed by atoms with E-state index in [0.29, 0.717) is 6.61 Å². The number of likely N-dealkylation sites (N-methyl/N-ethyl adjacent to an activating group) is 1. The Kier molecular flexibility index (Phi) is 6.86. The van der Waals surface area contributed by atoms with Gasteiger partial charge in [-0.25, -0.2) is 8.42 Å². The molecule has 0 heterocycles. The third-order valence-corrected chi connectivity index (χ3v) is 4.76. The molecular weight excluding hydrogens is 328 g/mol. The highest BCUT2D eigenvalue weighted by molar-refractivity contribution is 7.89. The third-order valence-electron chi connectivity index (χ3n) is 2.70. The number of ether oxygens (including phenoxy) is 1. The predicted molar refractivity (Wildman–Crippen MR) is 85.6 cm³/mol. The van der Waals surface area contributed by atoms with Gasteiger partial charge in [0.1, 0.15) is 10.6 Å². The summed E-state index contributed by atoms with van der Waals surface area (Å²) in [6.07, 6.45) is 1.51. The Hall–Kier alpha value is -1.57.